The number of ether oxygens (including phenoxy) is 1. The first-order valence-corrected chi connectivity index (χ1v) is 2.90. The number of carboxylic acids is 1. The lowest BCUT2D eigenvalue weighted by atomic mass is 10.5. The number of carbonyl (C=O) groups is 1. The predicted molar refractivity (Wildman–Crippen MR) is 35.2 cm³/mol. The van der Waals surface area contributed by atoms with Gasteiger partial charge in [0.15, 0.2) is 6.61 Å². The van der Waals surface area contributed by atoms with Crippen LogP contribution in [0.25, 0.3) is 0 Å². The molecule has 0 aliphatic rings. The van der Waals surface area contributed by atoms with Crippen LogP contribution in [0.2, 0.25) is 0 Å². The Bertz CT molecular complexity index is 237. The van der Waals surface area contributed by atoms with E-state index in [1.165, 1.54) is 18.5 Å². The molecule has 0 aliphatic carbocycles. The summed E-state index contributed by atoms with van der Waals surface area (Å²) in [6.07, 6.45) is 2.78. The fourth-order valence-corrected chi connectivity index (χ4v) is 0.509. The summed E-state index contributed by atoms with van der Waals surface area (Å²) in [4.78, 5) is 10.0. The predicted octanol–water partition coefficient (Wildman–Crippen LogP) is -0.0600. The molecule has 0 spiro atoms. The molecule has 0 saturated heterocycles. The Morgan fingerprint density at radius 3 is 3.00 bits per heavy atom. The van der Waals surface area contributed by atoms with Gasteiger partial charge in [0.1, 0.15) is 5.75 Å². The lowest BCUT2D eigenvalue weighted by Gasteiger charge is -1.99. The van der Waals surface area contributed by atoms with Crippen molar-refractivity contribution in [1.29, 1.82) is 0 Å². The molecule has 1 N–H and O–H groups in total. The van der Waals surface area contributed by atoms with E-state index in [0.29, 0.717) is 5.75 Å². The van der Waals surface area contributed by atoms with Gasteiger partial charge in [-0.3, -0.25) is 0 Å². The highest BCUT2D eigenvalue weighted by Crippen LogP contribution is 2.03. The molecule has 11 heavy (non-hydrogen) atoms. The van der Waals surface area contributed by atoms with Crippen LogP contribution in [-0.4, -0.2) is 27.9 Å². The van der Waals surface area contributed by atoms with E-state index in [2.05, 4.69) is 10.2 Å². The smallest absolute Gasteiger partial charge is 0.341 e. The molecule has 1 heterocycles. The number of rotatable bonds is 3. The van der Waals surface area contributed by atoms with Crippen LogP contribution in [0, 0.1) is 0 Å². The largest absolute Gasteiger partial charge is 0.480 e. The Kier molecular flexibility index (Phi) is 2.37. The molecule has 0 unspecified atom stereocenters. The first kappa shape index (κ1) is 7.46. The van der Waals surface area contributed by atoms with E-state index < -0.39 is 5.97 Å². The molecule has 1 aromatic rings. The van der Waals surface area contributed by atoms with Crippen LogP contribution >= 0.6 is 0 Å². The van der Waals surface area contributed by atoms with E-state index in [9.17, 15) is 4.79 Å². The second-order valence-electron chi connectivity index (χ2n) is 1.76. The average Bonchev–Trinajstić information content (AvgIpc) is 2.03. The molecular formula is C6H6N2O3. The summed E-state index contributed by atoms with van der Waals surface area (Å²) in [5.74, 6) is -0.607. The van der Waals surface area contributed by atoms with Crippen molar-refractivity contribution in [2.75, 3.05) is 6.61 Å². The number of hydrogen-bond acceptors (Lipinski definition) is 4. The van der Waals surface area contributed by atoms with Crippen molar-refractivity contribution in [3.8, 4) is 5.75 Å². The second kappa shape index (κ2) is 3.50. The van der Waals surface area contributed by atoms with Crippen LogP contribution < -0.4 is 4.74 Å². The van der Waals surface area contributed by atoms with E-state index in [0.717, 1.165) is 0 Å². The van der Waals surface area contributed by atoms with Crippen LogP contribution in [0.15, 0.2) is 18.5 Å². The first-order valence-electron chi connectivity index (χ1n) is 2.90. The van der Waals surface area contributed by atoms with Gasteiger partial charge in [0.2, 0.25) is 0 Å². The number of nitrogens with zero attached hydrogens (tertiary/aromatic N) is 2. The number of aliphatic carboxylic acids is 1. The van der Waals surface area contributed by atoms with Crippen molar-refractivity contribution >= 4 is 5.97 Å². The van der Waals surface area contributed by atoms with E-state index in [-0.39, 0.29) is 6.61 Å². The molecule has 0 fully saturated rings. The SMILES string of the molecule is O=C(O)COc1ccnnc1. The molecule has 0 aliphatic heterocycles. The zero-order valence-electron chi connectivity index (χ0n) is 5.60. The van der Waals surface area contributed by atoms with E-state index >= 15 is 0 Å². The minimum absolute atomic E-state index is 0.355. The Balaban J connectivity index is 2.45. The third kappa shape index (κ3) is 2.61. The third-order valence-corrected chi connectivity index (χ3v) is 0.919. The van der Waals surface area contributed by atoms with Gasteiger partial charge >= 0.3 is 5.97 Å². The lowest BCUT2D eigenvalue weighted by molar-refractivity contribution is -0.139. The average molecular weight is 154 g/mol. The van der Waals surface area contributed by atoms with Gasteiger partial charge in [-0.1, -0.05) is 0 Å². The molecule has 0 atom stereocenters. The maximum absolute atomic E-state index is 10.0. The molecular weight excluding hydrogens is 148 g/mol. The Hall–Kier alpha value is -1.65. The van der Waals surface area contributed by atoms with Crippen molar-refractivity contribution in [3.63, 3.8) is 0 Å². The molecule has 1 aromatic heterocycles. The van der Waals surface area contributed by atoms with Crippen molar-refractivity contribution in [2.24, 2.45) is 0 Å². The van der Waals surface area contributed by atoms with E-state index in [1.807, 2.05) is 0 Å². The van der Waals surface area contributed by atoms with Crippen LogP contribution in [0.1, 0.15) is 0 Å². The van der Waals surface area contributed by atoms with Crippen LogP contribution in [0.5, 0.6) is 5.75 Å². The summed E-state index contributed by atoms with van der Waals surface area (Å²) < 4.78 is 4.77. The number of carboxylic acid groups (broad SMARTS) is 1. The van der Waals surface area contributed by atoms with Gasteiger partial charge in [-0.15, -0.1) is 0 Å². The monoisotopic (exact) mass is 154 g/mol. The highest BCUT2D eigenvalue weighted by atomic mass is 16.5. The molecule has 5 heteroatoms. The zero-order chi connectivity index (χ0) is 8.10. The maximum atomic E-state index is 10.0. The van der Waals surface area contributed by atoms with Crippen LogP contribution in [-0.2, 0) is 4.79 Å². The van der Waals surface area contributed by atoms with Gasteiger partial charge in [-0.05, 0) is 0 Å². The Labute approximate surface area is 62.6 Å². The minimum atomic E-state index is -1.01. The van der Waals surface area contributed by atoms with Crippen LogP contribution in [0.4, 0.5) is 0 Å². The quantitative estimate of drug-likeness (QED) is 0.660. The summed E-state index contributed by atoms with van der Waals surface area (Å²) in [5, 5.41) is 15.2. The molecule has 1 rings (SSSR count). The molecule has 0 saturated carbocycles. The lowest BCUT2D eigenvalue weighted by Crippen LogP contribution is -2.09. The molecule has 0 amide bonds. The normalized spacial score (nSPS) is 9.09. The Morgan fingerprint density at radius 2 is 2.45 bits per heavy atom. The number of hydrogen-bond donors (Lipinski definition) is 1. The van der Waals surface area contributed by atoms with E-state index in [4.69, 9.17) is 9.84 Å². The zero-order valence-corrected chi connectivity index (χ0v) is 5.60. The summed E-state index contributed by atoms with van der Waals surface area (Å²) in [6, 6.07) is 1.54. The van der Waals surface area contributed by atoms with Gasteiger partial charge in [0, 0.05) is 6.07 Å². The molecule has 58 valence electrons. The van der Waals surface area contributed by atoms with Gasteiger partial charge in [0.25, 0.3) is 0 Å². The fourth-order valence-electron chi connectivity index (χ4n) is 0.509. The summed E-state index contributed by atoms with van der Waals surface area (Å²) in [5.41, 5.74) is 0. The second-order valence-corrected chi connectivity index (χ2v) is 1.76. The molecule has 0 radical (unpaired) electrons. The van der Waals surface area contributed by atoms with Crippen molar-refractivity contribution in [1.82, 2.24) is 10.2 Å². The van der Waals surface area contributed by atoms with Gasteiger partial charge in [-0.25, -0.2) is 4.79 Å². The third-order valence-electron chi connectivity index (χ3n) is 0.919. The van der Waals surface area contributed by atoms with Gasteiger partial charge < -0.3 is 9.84 Å². The topological polar surface area (TPSA) is 72.3 Å². The van der Waals surface area contributed by atoms with Crippen LogP contribution in [0.3, 0.4) is 0 Å². The Morgan fingerprint density at radius 1 is 1.64 bits per heavy atom. The summed E-state index contributed by atoms with van der Waals surface area (Å²) >= 11 is 0. The van der Waals surface area contributed by atoms with Crippen molar-refractivity contribution < 1.29 is 14.6 Å². The fraction of sp³-hybridized carbons (Fsp3) is 0.167. The summed E-state index contributed by atoms with van der Waals surface area (Å²) in [6.45, 7) is -0.355. The molecule has 0 bridgehead atoms. The van der Waals surface area contributed by atoms with Crippen molar-refractivity contribution in [2.45, 2.75) is 0 Å². The first-order chi connectivity index (χ1) is 5.29. The van der Waals surface area contributed by atoms with Gasteiger partial charge in [0.05, 0.1) is 12.4 Å². The maximum Gasteiger partial charge on any atom is 0.341 e. The van der Waals surface area contributed by atoms with Gasteiger partial charge in [-0.2, -0.15) is 10.2 Å². The standard InChI is InChI=1S/C6H6N2O3/c9-6(10)4-11-5-1-2-7-8-3-5/h1-3H,4H2,(H,9,10). The molecule has 0 aromatic carbocycles. The van der Waals surface area contributed by atoms with Crippen molar-refractivity contribution in [3.05, 3.63) is 18.5 Å². The minimum Gasteiger partial charge on any atom is -0.480 e. The summed E-state index contributed by atoms with van der Waals surface area (Å²) in [7, 11) is 0. The number of aromatic nitrogens is 2. The highest BCUT2D eigenvalue weighted by molar-refractivity contribution is 5.68. The van der Waals surface area contributed by atoms with E-state index in [1.54, 1.807) is 0 Å². The molecule has 5 nitrogen and oxygen atoms in total. The highest BCUT2D eigenvalue weighted by Gasteiger charge is 1.97.